The number of hydrogen-bond acceptors (Lipinski definition) is 4. The van der Waals surface area contributed by atoms with E-state index < -0.39 is 0 Å². The lowest BCUT2D eigenvalue weighted by atomic mass is 9.85. The molecule has 2 aliphatic rings. The molecule has 2 N–H and O–H groups in total. The maximum Gasteiger partial charge on any atom is 0.155 e. The molecule has 0 aromatic carbocycles. The Kier molecular flexibility index (Phi) is 25.2. The number of rotatable bonds is 24. The van der Waals surface area contributed by atoms with Crippen LogP contribution in [0.4, 0.5) is 0 Å². The third-order valence-electron chi connectivity index (χ3n) is 9.35. The van der Waals surface area contributed by atoms with E-state index in [0.29, 0.717) is 36.6 Å². The van der Waals surface area contributed by atoms with Crippen molar-refractivity contribution in [3.63, 3.8) is 0 Å². The van der Waals surface area contributed by atoms with Crippen LogP contribution >= 0.6 is 0 Å². The zero-order valence-electron chi connectivity index (χ0n) is 27.8. The number of aliphatic hydroxyl groups is 2. The second-order valence-electron chi connectivity index (χ2n) is 13.3. The van der Waals surface area contributed by atoms with Crippen molar-refractivity contribution in [1.29, 1.82) is 0 Å². The first-order valence-corrected chi connectivity index (χ1v) is 18.2. The van der Waals surface area contributed by atoms with Crippen molar-refractivity contribution in [3.8, 4) is 0 Å². The van der Waals surface area contributed by atoms with Gasteiger partial charge in [0.05, 0.1) is 0 Å². The summed E-state index contributed by atoms with van der Waals surface area (Å²) in [4.78, 5) is 22.9. The molecule has 2 aliphatic carbocycles. The fourth-order valence-corrected chi connectivity index (χ4v) is 6.28. The van der Waals surface area contributed by atoms with Gasteiger partial charge in [0.2, 0.25) is 0 Å². The molecule has 0 amide bonds. The van der Waals surface area contributed by atoms with Crippen LogP contribution in [0.3, 0.4) is 0 Å². The number of carbonyl (C=O) groups is 2. The summed E-state index contributed by atoms with van der Waals surface area (Å²) in [7, 11) is 0. The maximum atomic E-state index is 11.4. The number of carbonyl (C=O) groups excluding carboxylic acids is 2. The molecule has 42 heavy (non-hydrogen) atoms. The molecule has 244 valence electrons. The van der Waals surface area contributed by atoms with Gasteiger partial charge in [0.1, 0.15) is 0 Å². The average Bonchev–Trinajstić information content (AvgIpc) is 2.98. The van der Waals surface area contributed by atoms with E-state index in [2.05, 4.69) is 13.8 Å². The Morgan fingerprint density at radius 1 is 0.476 bits per heavy atom. The number of unbranched alkanes of at least 4 members (excludes halogenated alkanes) is 18. The predicted molar refractivity (Wildman–Crippen MR) is 179 cm³/mol. The molecule has 0 saturated heterocycles. The molecule has 0 bridgehead atoms. The van der Waals surface area contributed by atoms with Gasteiger partial charge in [0, 0.05) is 26.1 Å². The van der Waals surface area contributed by atoms with Crippen LogP contribution in [0.2, 0.25) is 0 Å². The summed E-state index contributed by atoms with van der Waals surface area (Å²) in [5.41, 5.74) is 2.80. The van der Waals surface area contributed by atoms with E-state index in [4.69, 9.17) is 10.2 Å². The smallest absolute Gasteiger partial charge is 0.155 e. The molecule has 0 spiro atoms. The van der Waals surface area contributed by atoms with Crippen LogP contribution in [0.15, 0.2) is 23.3 Å². The minimum Gasteiger partial charge on any atom is -0.396 e. The molecule has 0 aliphatic heterocycles. The third kappa shape index (κ3) is 21.4. The van der Waals surface area contributed by atoms with Crippen molar-refractivity contribution in [2.45, 2.75) is 181 Å². The summed E-state index contributed by atoms with van der Waals surface area (Å²) >= 11 is 0. The van der Waals surface area contributed by atoms with Gasteiger partial charge in [-0.15, -0.1) is 0 Å². The fourth-order valence-electron chi connectivity index (χ4n) is 6.28. The van der Waals surface area contributed by atoms with Gasteiger partial charge in [-0.25, -0.2) is 0 Å². The first kappa shape index (κ1) is 38.8. The maximum absolute atomic E-state index is 11.4. The molecule has 2 atom stereocenters. The molecule has 4 nitrogen and oxygen atoms in total. The largest absolute Gasteiger partial charge is 0.396 e. The van der Waals surface area contributed by atoms with E-state index in [1.807, 2.05) is 12.2 Å². The number of hydrogen-bond donors (Lipinski definition) is 2. The van der Waals surface area contributed by atoms with Gasteiger partial charge in [0.25, 0.3) is 0 Å². The highest BCUT2D eigenvalue weighted by Gasteiger charge is 2.17. The van der Waals surface area contributed by atoms with E-state index >= 15 is 0 Å². The monoisotopic (exact) mass is 589 g/mol. The highest BCUT2D eigenvalue weighted by atomic mass is 16.3. The molecule has 0 heterocycles. The number of ketones is 2. The van der Waals surface area contributed by atoms with Gasteiger partial charge in [-0.3, -0.25) is 9.59 Å². The van der Waals surface area contributed by atoms with Gasteiger partial charge >= 0.3 is 0 Å². The summed E-state index contributed by atoms with van der Waals surface area (Å²) < 4.78 is 0. The van der Waals surface area contributed by atoms with Crippen molar-refractivity contribution in [2.24, 2.45) is 11.8 Å². The molecule has 2 unspecified atom stereocenters. The van der Waals surface area contributed by atoms with Gasteiger partial charge in [-0.05, 0) is 75.4 Å². The Balaban J connectivity index is 0.000000420. The molecule has 0 fully saturated rings. The van der Waals surface area contributed by atoms with E-state index in [1.165, 1.54) is 127 Å². The summed E-state index contributed by atoms with van der Waals surface area (Å²) in [6.45, 7) is 5.21. The van der Waals surface area contributed by atoms with Crippen molar-refractivity contribution in [3.05, 3.63) is 23.3 Å². The van der Waals surface area contributed by atoms with Gasteiger partial charge in [0.15, 0.2) is 11.6 Å². The molecular weight excluding hydrogens is 520 g/mol. The second-order valence-corrected chi connectivity index (χ2v) is 13.3. The molecule has 0 saturated carbocycles. The first-order valence-electron chi connectivity index (χ1n) is 18.2. The summed E-state index contributed by atoms with van der Waals surface area (Å²) in [5, 5.41) is 17.4. The average molecular weight is 589 g/mol. The van der Waals surface area contributed by atoms with Crippen molar-refractivity contribution >= 4 is 11.6 Å². The van der Waals surface area contributed by atoms with Crippen molar-refractivity contribution in [2.75, 3.05) is 13.2 Å². The highest BCUT2D eigenvalue weighted by Crippen LogP contribution is 2.28. The van der Waals surface area contributed by atoms with Crippen LogP contribution in [0.1, 0.15) is 181 Å². The van der Waals surface area contributed by atoms with Crippen LogP contribution in [0.25, 0.3) is 0 Å². The van der Waals surface area contributed by atoms with E-state index in [0.717, 1.165) is 51.4 Å². The van der Waals surface area contributed by atoms with E-state index in [1.54, 1.807) is 0 Å². The zero-order chi connectivity index (χ0) is 30.7. The number of aliphatic hydroxyl groups excluding tert-OH is 2. The first-order chi connectivity index (χ1) is 20.5. The summed E-state index contributed by atoms with van der Waals surface area (Å²) in [6.07, 6.45) is 35.2. The van der Waals surface area contributed by atoms with Crippen LogP contribution < -0.4 is 0 Å². The van der Waals surface area contributed by atoms with Crippen LogP contribution in [-0.4, -0.2) is 35.0 Å². The lowest BCUT2D eigenvalue weighted by Crippen LogP contribution is -2.11. The van der Waals surface area contributed by atoms with E-state index in [9.17, 15) is 9.59 Å². The molecular formula is C38H68O4. The summed E-state index contributed by atoms with van der Waals surface area (Å²) in [5.74, 6) is 1.93. The van der Waals surface area contributed by atoms with Crippen molar-refractivity contribution < 1.29 is 19.8 Å². The Bertz CT molecular complexity index is 675. The lowest BCUT2D eigenvalue weighted by Gasteiger charge is -2.19. The Labute approximate surface area is 260 Å². The van der Waals surface area contributed by atoms with Crippen molar-refractivity contribution in [1.82, 2.24) is 0 Å². The van der Waals surface area contributed by atoms with Gasteiger partial charge < -0.3 is 10.2 Å². The summed E-state index contributed by atoms with van der Waals surface area (Å²) in [6, 6.07) is 0. The minimum absolute atomic E-state index is 0.337. The Morgan fingerprint density at radius 2 is 0.738 bits per heavy atom. The molecule has 0 aromatic rings. The third-order valence-corrected chi connectivity index (χ3v) is 9.35. The zero-order valence-corrected chi connectivity index (χ0v) is 27.8. The SMILES string of the molecule is CC1CCC(=O)C=C1CCCCCCCCCCCCO.CC1CCC(=O)C=C1CCCCCCCCCCCCO. The van der Waals surface area contributed by atoms with Crippen LogP contribution in [0, 0.1) is 11.8 Å². The molecule has 0 radical (unpaired) electrons. The standard InChI is InChI=1S/2C19H34O2/c2*1-17-13-14-19(21)16-18(17)12-10-8-6-4-2-3-5-7-9-11-15-20/h2*16-17,20H,2-15H2,1H3. The van der Waals surface area contributed by atoms with Gasteiger partial charge in [-0.1, -0.05) is 128 Å². The van der Waals surface area contributed by atoms with Crippen LogP contribution in [0.5, 0.6) is 0 Å². The molecule has 4 heteroatoms. The molecule has 2 rings (SSSR count). The lowest BCUT2D eigenvalue weighted by molar-refractivity contribution is -0.116. The normalized spacial score (nSPS) is 18.9. The minimum atomic E-state index is 0.337. The van der Waals surface area contributed by atoms with Crippen LogP contribution in [-0.2, 0) is 9.59 Å². The Morgan fingerprint density at radius 3 is 1.02 bits per heavy atom. The molecule has 0 aromatic heterocycles. The van der Waals surface area contributed by atoms with E-state index in [-0.39, 0.29) is 0 Å². The predicted octanol–water partition coefficient (Wildman–Crippen LogP) is 10.4. The van der Waals surface area contributed by atoms with Gasteiger partial charge in [-0.2, -0.15) is 0 Å². The number of allylic oxidation sites excluding steroid dienone is 4. The topological polar surface area (TPSA) is 74.6 Å². The second kappa shape index (κ2) is 27.3. The Hall–Kier alpha value is -1.26. The highest BCUT2D eigenvalue weighted by molar-refractivity contribution is 5.91. The fraction of sp³-hybridized carbons (Fsp3) is 0.842. The quantitative estimate of drug-likeness (QED) is 0.110.